The monoisotopic (exact) mass is 622 g/mol. The van der Waals surface area contributed by atoms with Gasteiger partial charge in [0.25, 0.3) is 0 Å². The summed E-state index contributed by atoms with van der Waals surface area (Å²) in [6.45, 7) is 0. The third kappa shape index (κ3) is 5.19. The Bertz CT molecular complexity index is 2490. The highest BCUT2D eigenvalue weighted by molar-refractivity contribution is 6.20. The molecule has 0 fully saturated rings. The molecule has 0 spiro atoms. The van der Waals surface area contributed by atoms with Gasteiger partial charge in [0.1, 0.15) is 0 Å². The second-order valence-corrected chi connectivity index (χ2v) is 12.8. The number of allylic oxidation sites excluding steroid dienone is 3. The fourth-order valence-corrected chi connectivity index (χ4v) is 7.70. The lowest BCUT2D eigenvalue weighted by atomic mass is 9.85. The van der Waals surface area contributed by atoms with Gasteiger partial charge in [-0.15, -0.1) is 0 Å². The van der Waals surface area contributed by atoms with Crippen molar-refractivity contribution in [2.45, 2.75) is 6.42 Å². The molecule has 0 aromatic heterocycles. The molecule has 0 amide bonds. The number of hydrogen-bond acceptors (Lipinski definition) is 0. The predicted octanol–water partition coefficient (Wildman–Crippen LogP) is 13.3. The summed E-state index contributed by atoms with van der Waals surface area (Å²) >= 11 is 0. The highest BCUT2D eigenvalue weighted by Crippen LogP contribution is 2.44. The minimum absolute atomic E-state index is 0.887. The summed E-state index contributed by atoms with van der Waals surface area (Å²) in [6, 6.07) is 63.9. The molecule has 0 unspecified atom stereocenters. The van der Waals surface area contributed by atoms with Crippen LogP contribution in [-0.4, -0.2) is 0 Å². The predicted molar refractivity (Wildman–Crippen MR) is 210 cm³/mol. The van der Waals surface area contributed by atoms with Gasteiger partial charge in [-0.05, 0) is 107 Å². The van der Waals surface area contributed by atoms with Crippen molar-refractivity contribution in [2.75, 3.05) is 0 Å². The fraction of sp³-hybridized carbons (Fsp3) is 0.0204. The molecule has 0 saturated heterocycles. The number of rotatable bonds is 5. The molecular weight excluding hydrogens is 589 g/mol. The SMILES string of the molecule is C1=CC(c2c3ccccc3c(-c3ccccc3)c3ccccc23)=Cc2c(cccc2-c2cccc(-c3ccccc3-c3ccccc3)c2)C1. The van der Waals surface area contributed by atoms with E-state index in [9.17, 15) is 0 Å². The minimum atomic E-state index is 0.887. The Hall–Kier alpha value is -6.24. The minimum Gasteiger partial charge on any atom is -0.0795 e. The van der Waals surface area contributed by atoms with Crippen molar-refractivity contribution in [1.82, 2.24) is 0 Å². The molecule has 8 aromatic rings. The second-order valence-electron chi connectivity index (χ2n) is 12.8. The van der Waals surface area contributed by atoms with Gasteiger partial charge in [0, 0.05) is 0 Å². The topological polar surface area (TPSA) is 0 Å². The van der Waals surface area contributed by atoms with Crippen LogP contribution in [0.25, 0.3) is 77.7 Å². The molecule has 1 aliphatic carbocycles. The number of hydrogen-bond donors (Lipinski definition) is 0. The average Bonchev–Trinajstić information content (AvgIpc) is 3.40. The third-order valence-corrected chi connectivity index (χ3v) is 9.91. The Morgan fingerprint density at radius 3 is 1.47 bits per heavy atom. The highest BCUT2D eigenvalue weighted by atomic mass is 14.2. The van der Waals surface area contributed by atoms with Crippen LogP contribution in [0.2, 0.25) is 0 Å². The van der Waals surface area contributed by atoms with Crippen LogP contribution in [0, 0.1) is 0 Å². The van der Waals surface area contributed by atoms with E-state index < -0.39 is 0 Å². The van der Waals surface area contributed by atoms with E-state index in [1.165, 1.54) is 88.3 Å². The molecule has 0 nitrogen and oxygen atoms in total. The van der Waals surface area contributed by atoms with Gasteiger partial charge < -0.3 is 0 Å². The molecule has 230 valence electrons. The second kappa shape index (κ2) is 12.4. The van der Waals surface area contributed by atoms with E-state index in [0.29, 0.717) is 0 Å². The lowest BCUT2D eigenvalue weighted by molar-refractivity contribution is 1.27. The van der Waals surface area contributed by atoms with Crippen molar-refractivity contribution in [3.05, 3.63) is 205 Å². The fourth-order valence-electron chi connectivity index (χ4n) is 7.70. The van der Waals surface area contributed by atoms with Crippen molar-refractivity contribution in [2.24, 2.45) is 0 Å². The molecule has 0 radical (unpaired) electrons. The summed E-state index contributed by atoms with van der Waals surface area (Å²) in [5, 5.41) is 5.10. The molecule has 0 saturated carbocycles. The summed E-state index contributed by atoms with van der Waals surface area (Å²) in [5.41, 5.74) is 15.1. The van der Waals surface area contributed by atoms with Gasteiger partial charge in [0.05, 0.1) is 0 Å². The molecule has 9 rings (SSSR count). The van der Waals surface area contributed by atoms with Gasteiger partial charge in [-0.25, -0.2) is 0 Å². The van der Waals surface area contributed by atoms with Crippen LogP contribution in [-0.2, 0) is 6.42 Å². The molecule has 0 bridgehead atoms. The third-order valence-electron chi connectivity index (χ3n) is 9.91. The smallest absolute Gasteiger partial charge is 0.00263 e. The van der Waals surface area contributed by atoms with E-state index in [1.807, 2.05) is 0 Å². The quantitative estimate of drug-likeness (QED) is 0.168. The maximum Gasteiger partial charge on any atom is -0.00263 e. The van der Waals surface area contributed by atoms with Gasteiger partial charge in [0.2, 0.25) is 0 Å². The van der Waals surface area contributed by atoms with Crippen molar-refractivity contribution in [1.29, 1.82) is 0 Å². The molecule has 49 heavy (non-hydrogen) atoms. The Morgan fingerprint density at radius 2 is 0.816 bits per heavy atom. The largest absolute Gasteiger partial charge is 0.0795 e. The molecule has 0 N–H and O–H groups in total. The molecule has 0 aliphatic heterocycles. The first-order valence-electron chi connectivity index (χ1n) is 17.1. The molecule has 8 aromatic carbocycles. The summed E-state index contributed by atoms with van der Waals surface area (Å²) in [7, 11) is 0. The van der Waals surface area contributed by atoms with E-state index in [-0.39, 0.29) is 0 Å². The lowest BCUT2D eigenvalue weighted by Gasteiger charge is -2.18. The zero-order valence-electron chi connectivity index (χ0n) is 27.2. The highest BCUT2D eigenvalue weighted by Gasteiger charge is 2.19. The Labute approximate surface area is 288 Å². The van der Waals surface area contributed by atoms with Gasteiger partial charge >= 0.3 is 0 Å². The first-order chi connectivity index (χ1) is 24.3. The molecule has 0 heteroatoms. The lowest BCUT2D eigenvalue weighted by Crippen LogP contribution is -1.94. The van der Waals surface area contributed by atoms with Crippen LogP contribution in [0.5, 0.6) is 0 Å². The summed E-state index contributed by atoms with van der Waals surface area (Å²) in [6.07, 6.45) is 8.00. The summed E-state index contributed by atoms with van der Waals surface area (Å²) in [5.74, 6) is 0. The van der Waals surface area contributed by atoms with Crippen molar-refractivity contribution >= 4 is 33.2 Å². The van der Waals surface area contributed by atoms with Crippen LogP contribution in [0.15, 0.2) is 188 Å². The van der Waals surface area contributed by atoms with Gasteiger partial charge in [-0.1, -0.05) is 182 Å². The first kappa shape index (κ1) is 28.9. The van der Waals surface area contributed by atoms with E-state index >= 15 is 0 Å². The average molecular weight is 623 g/mol. The molecular formula is C49H34. The summed E-state index contributed by atoms with van der Waals surface area (Å²) in [4.78, 5) is 0. The maximum atomic E-state index is 2.44. The standard InChI is InChI=1S/C49H34/c1-3-16-34(17-4-1)40-25-7-8-26-41(40)37-22-14-23-38(32-37)42-31-15-21-35-20-13-24-39(33-47(35)42)49-45-29-11-9-27-43(45)48(36-18-5-2-6-19-36)44-28-10-12-30-46(44)49/h1-19,21-33H,20H2. The van der Waals surface area contributed by atoms with Gasteiger partial charge in [-0.2, -0.15) is 0 Å². The van der Waals surface area contributed by atoms with Crippen LogP contribution >= 0.6 is 0 Å². The molecule has 0 atom stereocenters. The Kier molecular flexibility index (Phi) is 7.33. The van der Waals surface area contributed by atoms with Crippen molar-refractivity contribution in [3.63, 3.8) is 0 Å². The zero-order chi connectivity index (χ0) is 32.6. The summed E-state index contributed by atoms with van der Waals surface area (Å²) < 4.78 is 0. The molecule has 1 aliphatic rings. The maximum absolute atomic E-state index is 2.44. The normalized spacial score (nSPS) is 12.4. The van der Waals surface area contributed by atoms with Gasteiger partial charge in [0.15, 0.2) is 0 Å². The number of fused-ring (bicyclic) bond motifs is 3. The number of benzene rings is 8. The van der Waals surface area contributed by atoms with Crippen LogP contribution in [0.3, 0.4) is 0 Å². The van der Waals surface area contributed by atoms with E-state index in [4.69, 9.17) is 0 Å². The van der Waals surface area contributed by atoms with E-state index in [1.54, 1.807) is 0 Å². The molecule has 0 heterocycles. The van der Waals surface area contributed by atoms with Crippen molar-refractivity contribution in [3.8, 4) is 44.5 Å². The van der Waals surface area contributed by atoms with Crippen LogP contribution in [0.1, 0.15) is 16.7 Å². The van der Waals surface area contributed by atoms with E-state index in [0.717, 1.165) is 6.42 Å². The zero-order valence-corrected chi connectivity index (χ0v) is 27.2. The Balaban J connectivity index is 1.24. The first-order valence-corrected chi connectivity index (χ1v) is 17.1. The van der Waals surface area contributed by atoms with E-state index in [2.05, 4.69) is 194 Å². The van der Waals surface area contributed by atoms with Gasteiger partial charge in [-0.3, -0.25) is 0 Å². The van der Waals surface area contributed by atoms with Crippen molar-refractivity contribution < 1.29 is 0 Å². The van der Waals surface area contributed by atoms with Crippen LogP contribution < -0.4 is 0 Å². The Morgan fingerprint density at radius 1 is 0.347 bits per heavy atom. The van der Waals surface area contributed by atoms with Crippen LogP contribution in [0.4, 0.5) is 0 Å².